The maximum absolute atomic E-state index is 12.9. The molecule has 1 aromatic carbocycles. The van der Waals surface area contributed by atoms with E-state index in [2.05, 4.69) is 18.7 Å². The number of hydrogen-bond acceptors (Lipinski definition) is 3. The Morgan fingerprint density at radius 1 is 1.20 bits per heavy atom. The highest BCUT2D eigenvalue weighted by Gasteiger charge is 2.35. The summed E-state index contributed by atoms with van der Waals surface area (Å²) in [6, 6.07) is 3.87. The van der Waals surface area contributed by atoms with E-state index in [1.54, 1.807) is 7.11 Å². The van der Waals surface area contributed by atoms with Gasteiger partial charge in [-0.2, -0.15) is 0 Å². The Bertz CT molecular complexity index is 488. The van der Waals surface area contributed by atoms with Crippen LogP contribution in [0, 0.1) is 13.8 Å². The van der Waals surface area contributed by atoms with Crippen molar-refractivity contribution in [1.82, 2.24) is 4.90 Å². The van der Waals surface area contributed by atoms with Gasteiger partial charge in [0.05, 0.1) is 18.2 Å². The van der Waals surface area contributed by atoms with Gasteiger partial charge in [-0.25, -0.2) is 0 Å². The van der Waals surface area contributed by atoms with Crippen LogP contribution in [0.15, 0.2) is 12.1 Å². The first-order valence-corrected chi connectivity index (χ1v) is 7.25. The number of ether oxygens (including phenoxy) is 1. The third kappa shape index (κ3) is 2.88. The summed E-state index contributed by atoms with van der Waals surface area (Å²) in [6.07, 6.45) is 0. The zero-order chi connectivity index (χ0) is 15.5. The van der Waals surface area contributed by atoms with Crippen LogP contribution in [0.3, 0.4) is 0 Å². The van der Waals surface area contributed by atoms with E-state index in [1.807, 2.05) is 39.8 Å². The molecule has 1 aromatic rings. The number of carbonyl (C=O) groups is 1. The SMILES string of the molecule is CCN(CC)C(C)(C)C(=O)c1ccc(C)c(C)c1OC. The molecule has 0 aliphatic heterocycles. The molecular weight excluding hydrogens is 250 g/mol. The van der Waals surface area contributed by atoms with Gasteiger partial charge in [0.15, 0.2) is 5.78 Å². The summed E-state index contributed by atoms with van der Waals surface area (Å²) in [5.41, 5.74) is 2.32. The van der Waals surface area contributed by atoms with Gasteiger partial charge in [0.1, 0.15) is 5.75 Å². The van der Waals surface area contributed by atoms with Crippen molar-refractivity contribution in [3.05, 3.63) is 28.8 Å². The van der Waals surface area contributed by atoms with Gasteiger partial charge >= 0.3 is 0 Å². The molecule has 0 unspecified atom stereocenters. The molecule has 0 radical (unpaired) electrons. The first kappa shape index (κ1) is 16.7. The van der Waals surface area contributed by atoms with E-state index in [-0.39, 0.29) is 5.78 Å². The van der Waals surface area contributed by atoms with Crippen LogP contribution in [0.25, 0.3) is 0 Å². The smallest absolute Gasteiger partial charge is 0.186 e. The topological polar surface area (TPSA) is 29.5 Å². The molecule has 3 nitrogen and oxygen atoms in total. The average Bonchev–Trinajstić information content (AvgIpc) is 2.41. The van der Waals surface area contributed by atoms with Gasteiger partial charge in [-0.05, 0) is 58.0 Å². The minimum Gasteiger partial charge on any atom is -0.496 e. The highest BCUT2D eigenvalue weighted by atomic mass is 16.5. The Morgan fingerprint density at radius 2 is 1.75 bits per heavy atom. The van der Waals surface area contributed by atoms with E-state index in [0.717, 1.165) is 24.2 Å². The van der Waals surface area contributed by atoms with E-state index >= 15 is 0 Å². The molecule has 1 rings (SSSR count). The van der Waals surface area contributed by atoms with E-state index in [0.29, 0.717) is 11.3 Å². The molecule has 20 heavy (non-hydrogen) atoms. The summed E-state index contributed by atoms with van der Waals surface area (Å²) in [6.45, 7) is 13.8. The van der Waals surface area contributed by atoms with Crippen molar-refractivity contribution in [1.29, 1.82) is 0 Å². The lowest BCUT2D eigenvalue weighted by Crippen LogP contribution is -2.50. The second-order valence-electron chi connectivity index (χ2n) is 5.65. The third-order valence-electron chi connectivity index (χ3n) is 4.24. The van der Waals surface area contributed by atoms with Crippen molar-refractivity contribution in [2.45, 2.75) is 47.1 Å². The van der Waals surface area contributed by atoms with Crippen LogP contribution >= 0.6 is 0 Å². The first-order chi connectivity index (χ1) is 9.31. The molecule has 0 bridgehead atoms. The number of benzene rings is 1. The van der Waals surface area contributed by atoms with Crippen LogP contribution in [-0.4, -0.2) is 36.4 Å². The zero-order valence-electron chi connectivity index (χ0n) is 13.8. The monoisotopic (exact) mass is 277 g/mol. The molecule has 0 saturated heterocycles. The molecule has 0 fully saturated rings. The molecule has 0 saturated carbocycles. The van der Waals surface area contributed by atoms with E-state index < -0.39 is 5.54 Å². The molecular formula is C17H27NO2. The number of aryl methyl sites for hydroxylation is 1. The van der Waals surface area contributed by atoms with E-state index in [9.17, 15) is 4.79 Å². The summed E-state index contributed by atoms with van der Waals surface area (Å²) < 4.78 is 5.48. The van der Waals surface area contributed by atoms with Crippen molar-refractivity contribution < 1.29 is 9.53 Å². The average molecular weight is 277 g/mol. The summed E-state index contributed by atoms with van der Waals surface area (Å²) in [5, 5.41) is 0. The first-order valence-electron chi connectivity index (χ1n) is 7.25. The van der Waals surface area contributed by atoms with Crippen LogP contribution in [0.5, 0.6) is 5.75 Å². The summed E-state index contributed by atoms with van der Waals surface area (Å²) >= 11 is 0. The van der Waals surface area contributed by atoms with E-state index in [4.69, 9.17) is 4.74 Å². The van der Waals surface area contributed by atoms with Crippen LogP contribution in [0.2, 0.25) is 0 Å². The lowest BCUT2D eigenvalue weighted by atomic mass is 9.89. The molecule has 0 spiro atoms. The third-order valence-corrected chi connectivity index (χ3v) is 4.24. The Balaban J connectivity index is 3.31. The summed E-state index contributed by atoms with van der Waals surface area (Å²) in [7, 11) is 1.63. The quantitative estimate of drug-likeness (QED) is 0.744. The lowest BCUT2D eigenvalue weighted by Gasteiger charge is -2.36. The fourth-order valence-electron chi connectivity index (χ4n) is 2.72. The zero-order valence-corrected chi connectivity index (χ0v) is 13.8. The second kappa shape index (κ2) is 6.40. The maximum atomic E-state index is 12.9. The summed E-state index contributed by atoms with van der Waals surface area (Å²) in [5.74, 6) is 0.816. The van der Waals surface area contributed by atoms with Gasteiger partial charge in [-0.1, -0.05) is 19.9 Å². The fourth-order valence-corrected chi connectivity index (χ4v) is 2.72. The number of ketones is 1. The molecule has 0 atom stereocenters. The number of Topliss-reactive ketones (excluding diaryl/α,β-unsaturated/α-hetero) is 1. The highest BCUT2D eigenvalue weighted by molar-refractivity contribution is 6.05. The molecule has 0 aliphatic rings. The van der Waals surface area contributed by atoms with Crippen molar-refractivity contribution in [2.24, 2.45) is 0 Å². The van der Waals surface area contributed by atoms with E-state index in [1.165, 1.54) is 0 Å². The number of likely N-dealkylation sites (N-methyl/N-ethyl adjacent to an activating group) is 1. The normalized spacial score (nSPS) is 11.8. The molecule has 0 N–H and O–H groups in total. The molecule has 0 aliphatic carbocycles. The van der Waals surface area contributed by atoms with Gasteiger partial charge in [-0.15, -0.1) is 0 Å². The Labute approximate surface area is 122 Å². The summed E-state index contributed by atoms with van der Waals surface area (Å²) in [4.78, 5) is 15.1. The van der Waals surface area contributed by atoms with Gasteiger partial charge in [-0.3, -0.25) is 9.69 Å². The molecule has 0 amide bonds. The largest absolute Gasteiger partial charge is 0.496 e. The highest BCUT2D eigenvalue weighted by Crippen LogP contribution is 2.31. The maximum Gasteiger partial charge on any atom is 0.186 e. The van der Waals surface area contributed by atoms with Crippen LogP contribution in [-0.2, 0) is 0 Å². The minimum atomic E-state index is -0.529. The van der Waals surface area contributed by atoms with Crippen molar-refractivity contribution in [3.8, 4) is 5.75 Å². The Kier molecular flexibility index (Phi) is 5.35. The fraction of sp³-hybridized carbons (Fsp3) is 0.588. The lowest BCUT2D eigenvalue weighted by molar-refractivity contribution is 0.0665. The predicted octanol–water partition coefficient (Wildman–Crippen LogP) is 3.62. The van der Waals surface area contributed by atoms with Gasteiger partial charge < -0.3 is 4.74 Å². The number of rotatable bonds is 6. The Hall–Kier alpha value is -1.35. The molecule has 3 heteroatoms. The van der Waals surface area contributed by atoms with Crippen LogP contribution in [0.4, 0.5) is 0 Å². The second-order valence-corrected chi connectivity index (χ2v) is 5.65. The molecule has 112 valence electrons. The van der Waals surface area contributed by atoms with Crippen LogP contribution < -0.4 is 4.74 Å². The number of nitrogens with zero attached hydrogens (tertiary/aromatic N) is 1. The number of carbonyl (C=O) groups excluding carboxylic acids is 1. The number of methoxy groups -OCH3 is 1. The standard InChI is InChI=1S/C17H27NO2/c1-8-18(9-2)17(5,6)16(19)14-11-10-12(3)13(4)15(14)20-7/h10-11H,8-9H2,1-7H3. The van der Waals surface area contributed by atoms with Gasteiger partial charge in [0, 0.05) is 0 Å². The van der Waals surface area contributed by atoms with Crippen LogP contribution in [0.1, 0.15) is 49.2 Å². The molecule has 0 aromatic heterocycles. The predicted molar refractivity (Wildman–Crippen MR) is 83.8 cm³/mol. The van der Waals surface area contributed by atoms with Crippen molar-refractivity contribution in [3.63, 3.8) is 0 Å². The van der Waals surface area contributed by atoms with Crippen molar-refractivity contribution in [2.75, 3.05) is 20.2 Å². The minimum absolute atomic E-state index is 0.112. The van der Waals surface area contributed by atoms with Crippen molar-refractivity contribution >= 4 is 5.78 Å². The van der Waals surface area contributed by atoms with Gasteiger partial charge in [0.25, 0.3) is 0 Å². The van der Waals surface area contributed by atoms with Gasteiger partial charge in [0.2, 0.25) is 0 Å². The molecule has 0 heterocycles. The number of hydrogen-bond donors (Lipinski definition) is 0. The Morgan fingerprint density at radius 3 is 2.20 bits per heavy atom.